The molecule has 158 valence electrons. The van der Waals surface area contributed by atoms with Gasteiger partial charge >= 0.3 is 0 Å². The predicted molar refractivity (Wildman–Crippen MR) is 123 cm³/mol. The minimum atomic E-state index is -0.265. The maximum Gasteiger partial charge on any atom is 0.264 e. The summed E-state index contributed by atoms with van der Waals surface area (Å²) in [6.45, 7) is 10.3. The summed E-state index contributed by atoms with van der Waals surface area (Å²) in [6, 6.07) is 7.82. The molecule has 0 fully saturated rings. The van der Waals surface area contributed by atoms with Gasteiger partial charge in [0.15, 0.2) is 22.3 Å². The van der Waals surface area contributed by atoms with Crippen LogP contribution >= 0.6 is 23.6 Å². The summed E-state index contributed by atoms with van der Waals surface area (Å²) in [5, 5.41) is 10.4. The summed E-state index contributed by atoms with van der Waals surface area (Å²) >= 11 is 6.62. The molecule has 0 aliphatic carbocycles. The zero-order chi connectivity index (χ0) is 21.7. The van der Waals surface area contributed by atoms with Crippen LogP contribution in [-0.4, -0.2) is 32.3 Å². The van der Waals surface area contributed by atoms with Crippen LogP contribution in [0.4, 0.5) is 5.13 Å². The van der Waals surface area contributed by atoms with Gasteiger partial charge in [-0.1, -0.05) is 49.5 Å². The van der Waals surface area contributed by atoms with Gasteiger partial charge in [-0.3, -0.25) is 19.8 Å². The molecular weight excluding hydrogens is 418 g/mol. The molecule has 1 aromatic carbocycles. The number of amides is 1. The smallest absolute Gasteiger partial charge is 0.264 e. The molecule has 3 aromatic rings. The lowest BCUT2D eigenvalue weighted by Gasteiger charge is -2.15. The molecule has 0 aliphatic rings. The van der Waals surface area contributed by atoms with Gasteiger partial charge in [-0.25, -0.2) is 4.98 Å². The Bertz CT molecular complexity index is 1100. The van der Waals surface area contributed by atoms with E-state index in [0.29, 0.717) is 28.2 Å². The summed E-state index contributed by atoms with van der Waals surface area (Å²) in [5.74, 6) is 1.50. The normalized spacial score (nSPS) is 11.8. The number of ether oxygens (including phenoxy) is 1. The topological polar surface area (TPSA) is 84.8 Å². The molecule has 0 spiro atoms. The Hall–Kier alpha value is -2.78. The van der Waals surface area contributed by atoms with Crippen molar-refractivity contribution < 1.29 is 9.53 Å². The van der Waals surface area contributed by atoms with Crippen molar-refractivity contribution in [2.45, 2.75) is 39.7 Å². The minimum Gasteiger partial charge on any atom is -0.483 e. The molecule has 0 aliphatic heterocycles. The Morgan fingerprint density at radius 3 is 2.97 bits per heavy atom. The number of para-hydroxylation sites is 1. The van der Waals surface area contributed by atoms with Crippen LogP contribution in [0.2, 0.25) is 0 Å². The monoisotopic (exact) mass is 443 g/mol. The molecule has 0 saturated carbocycles. The first kappa shape index (κ1) is 21.9. The van der Waals surface area contributed by atoms with Crippen LogP contribution in [0.3, 0.4) is 0 Å². The molecule has 1 atom stereocenters. The van der Waals surface area contributed by atoms with Crippen LogP contribution in [0.5, 0.6) is 5.75 Å². The van der Waals surface area contributed by atoms with Crippen molar-refractivity contribution in [1.82, 2.24) is 19.7 Å². The molecule has 2 N–H and O–H groups in total. The van der Waals surface area contributed by atoms with Gasteiger partial charge in [-0.2, -0.15) is 5.10 Å². The maximum atomic E-state index is 12.4. The summed E-state index contributed by atoms with van der Waals surface area (Å²) in [5.41, 5.74) is 1.86. The lowest BCUT2D eigenvalue weighted by atomic mass is 9.98. The minimum absolute atomic E-state index is 0.0867. The third-order valence-corrected chi connectivity index (χ3v) is 6.12. The number of nitrogens with one attached hydrogen (secondary N) is 2. The number of rotatable bonds is 9. The second-order valence-electron chi connectivity index (χ2n) is 6.87. The van der Waals surface area contributed by atoms with Gasteiger partial charge in [-0.15, -0.1) is 6.58 Å². The van der Waals surface area contributed by atoms with Gasteiger partial charge in [0.05, 0.1) is 10.6 Å². The van der Waals surface area contributed by atoms with Crippen molar-refractivity contribution in [3.8, 4) is 16.5 Å². The lowest BCUT2D eigenvalue weighted by Crippen LogP contribution is -2.20. The average Bonchev–Trinajstić information content (AvgIpc) is 3.28. The summed E-state index contributed by atoms with van der Waals surface area (Å²) in [4.78, 5) is 17.7. The molecule has 3 rings (SSSR count). The summed E-state index contributed by atoms with van der Waals surface area (Å²) < 4.78 is 8.14. The highest BCUT2D eigenvalue weighted by molar-refractivity contribution is 7.71. The third kappa shape index (κ3) is 4.85. The van der Waals surface area contributed by atoms with Crippen LogP contribution in [0.15, 0.2) is 36.9 Å². The van der Waals surface area contributed by atoms with Gasteiger partial charge in [-0.05, 0) is 43.1 Å². The average molecular weight is 444 g/mol. The van der Waals surface area contributed by atoms with Crippen molar-refractivity contribution in [3.05, 3.63) is 52.9 Å². The summed E-state index contributed by atoms with van der Waals surface area (Å²) in [7, 11) is 0. The number of carbonyl (C=O) groups is 1. The van der Waals surface area contributed by atoms with Gasteiger partial charge in [0.1, 0.15) is 5.75 Å². The molecule has 7 nitrogen and oxygen atoms in total. The van der Waals surface area contributed by atoms with Crippen molar-refractivity contribution in [2.24, 2.45) is 0 Å². The second-order valence-corrected chi connectivity index (χ2v) is 8.25. The van der Waals surface area contributed by atoms with Crippen LogP contribution in [-0.2, 0) is 11.3 Å². The fourth-order valence-electron chi connectivity index (χ4n) is 2.98. The molecular formula is C21H25N5O2S2. The van der Waals surface area contributed by atoms with Crippen LogP contribution in [0.25, 0.3) is 10.7 Å². The molecule has 1 amide bonds. The molecule has 1 unspecified atom stereocenters. The number of allylic oxidation sites excluding steroid dienone is 1. The number of hydrogen-bond donors (Lipinski definition) is 2. The number of aromatic amines is 1. The van der Waals surface area contributed by atoms with E-state index in [4.69, 9.17) is 17.0 Å². The molecule has 9 heteroatoms. The number of benzene rings is 1. The van der Waals surface area contributed by atoms with Crippen LogP contribution < -0.4 is 10.1 Å². The largest absolute Gasteiger partial charge is 0.483 e. The Morgan fingerprint density at radius 1 is 1.47 bits per heavy atom. The first-order chi connectivity index (χ1) is 14.4. The van der Waals surface area contributed by atoms with Gasteiger partial charge in [0.25, 0.3) is 5.91 Å². The number of nitrogens with zero attached hydrogens (tertiary/aromatic N) is 3. The number of aromatic nitrogens is 4. The van der Waals surface area contributed by atoms with E-state index in [9.17, 15) is 4.79 Å². The van der Waals surface area contributed by atoms with E-state index >= 15 is 0 Å². The van der Waals surface area contributed by atoms with E-state index in [1.807, 2.05) is 35.8 Å². The van der Waals surface area contributed by atoms with Crippen LogP contribution in [0, 0.1) is 11.7 Å². The first-order valence-electron chi connectivity index (χ1n) is 9.70. The molecule has 0 saturated heterocycles. The molecule has 0 radical (unpaired) electrons. The Balaban J connectivity index is 1.70. The molecule has 0 bridgehead atoms. The van der Waals surface area contributed by atoms with Crippen molar-refractivity contribution >= 4 is 34.6 Å². The van der Waals surface area contributed by atoms with Crippen LogP contribution in [0.1, 0.15) is 37.4 Å². The first-order valence-corrected chi connectivity index (χ1v) is 10.9. The number of carbonyl (C=O) groups excluding carboxylic acids is 1. The highest BCUT2D eigenvalue weighted by atomic mass is 32.1. The molecule has 2 heterocycles. The zero-order valence-electron chi connectivity index (χ0n) is 17.3. The number of thiazole rings is 1. The Kier molecular flexibility index (Phi) is 7.17. The van der Waals surface area contributed by atoms with E-state index < -0.39 is 0 Å². The van der Waals surface area contributed by atoms with E-state index in [0.717, 1.165) is 28.3 Å². The van der Waals surface area contributed by atoms with E-state index in [1.165, 1.54) is 11.3 Å². The number of aryl methyl sites for hydroxylation is 1. The fourth-order valence-corrected chi connectivity index (χ4v) is 4.17. The highest BCUT2D eigenvalue weighted by Crippen LogP contribution is 2.32. The summed E-state index contributed by atoms with van der Waals surface area (Å²) in [6.07, 6.45) is 2.75. The van der Waals surface area contributed by atoms with Crippen molar-refractivity contribution in [3.63, 3.8) is 0 Å². The van der Waals surface area contributed by atoms with E-state index in [1.54, 1.807) is 6.08 Å². The zero-order valence-corrected chi connectivity index (χ0v) is 18.9. The Morgan fingerprint density at radius 2 is 2.23 bits per heavy atom. The number of hydrogen-bond acceptors (Lipinski definition) is 6. The third-order valence-electron chi connectivity index (χ3n) is 4.74. The maximum absolute atomic E-state index is 12.4. The molecule has 30 heavy (non-hydrogen) atoms. The fraction of sp³-hybridized carbons (Fsp3) is 0.333. The molecule has 2 aromatic heterocycles. The standard InChI is InChI=1S/C21H25N5O2S2/c1-5-11-26-19(24-25-21(26)29)18-14(4)22-20(30-18)23-17(27)12-28-16-10-8-7-9-15(16)13(3)6-2/h5,7-10,13H,1,6,11-12H2,2-4H3,(H,25,29)(H,22,23,27). The lowest BCUT2D eigenvalue weighted by molar-refractivity contribution is -0.118. The predicted octanol–water partition coefficient (Wildman–Crippen LogP) is 5.09. The van der Waals surface area contributed by atoms with Crippen molar-refractivity contribution in [2.75, 3.05) is 11.9 Å². The quantitative estimate of drug-likeness (QED) is 0.355. The second kappa shape index (κ2) is 9.82. The van der Waals surface area contributed by atoms with Gasteiger partial charge < -0.3 is 4.74 Å². The van der Waals surface area contributed by atoms with Crippen molar-refractivity contribution in [1.29, 1.82) is 0 Å². The Labute approximate surface area is 184 Å². The number of anilines is 1. The van der Waals surface area contributed by atoms with E-state index in [2.05, 4.69) is 40.9 Å². The van der Waals surface area contributed by atoms with Gasteiger partial charge in [0, 0.05) is 6.54 Å². The SMILES string of the molecule is C=CCn1c(-c2sc(NC(=O)COc3ccccc3C(C)CC)nc2C)n[nH]c1=S. The van der Waals surface area contributed by atoms with Gasteiger partial charge in [0.2, 0.25) is 0 Å². The highest BCUT2D eigenvalue weighted by Gasteiger charge is 2.18. The van der Waals surface area contributed by atoms with E-state index in [-0.39, 0.29) is 12.5 Å². The number of H-pyrrole nitrogens is 1.